The maximum absolute atomic E-state index is 11.1. The van der Waals surface area contributed by atoms with Gasteiger partial charge >= 0.3 is 5.97 Å². The first-order valence-electron chi connectivity index (χ1n) is 6.24. The molecule has 0 bridgehead atoms. The van der Waals surface area contributed by atoms with Gasteiger partial charge in [-0.2, -0.15) is 0 Å². The van der Waals surface area contributed by atoms with Gasteiger partial charge in [-0.1, -0.05) is 6.92 Å². The second kappa shape index (κ2) is 5.36. The molecule has 0 aliphatic carbocycles. The third-order valence-corrected chi connectivity index (χ3v) is 3.73. The Morgan fingerprint density at radius 3 is 2.70 bits per heavy atom. The number of hydrogen-bond acceptors (Lipinski definition) is 5. The van der Waals surface area contributed by atoms with E-state index < -0.39 is 16.8 Å². The molecule has 0 amide bonds. The zero-order valence-electron chi connectivity index (χ0n) is 11.3. The van der Waals surface area contributed by atoms with E-state index in [1.807, 2.05) is 4.90 Å². The lowest BCUT2D eigenvalue weighted by Gasteiger charge is -2.42. The van der Waals surface area contributed by atoms with Gasteiger partial charge in [-0.25, -0.2) is 0 Å². The molecule has 0 spiro atoms. The zero-order valence-corrected chi connectivity index (χ0v) is 11.3. The van der Waals surface area contributed by atoms with E-state index in [9.17, 15) is 14.9 Å². The van der Waals surface area contributed by atoms with Crippen molar-refractivity contribution in [3.05, 3.63) is 28.3 Å². The monoisotopic (exact) mass is 280 g/mol. The van der Waals surface area contributed by atoms with E-state index in [1.165, 1.54) is 13.2 Å². The Labute approximate surface area is 115 Å². The summed E-state index contributed by atoms with van der Waals surface area (Å²) in [5, 5.41) is 20.0. The molecule has 1 aliphatic rings. The second-order valence-corrected chi connectivity index (χ2v) is 4.90. The summed E-state index contributed by atoms with van der Waals surface area (Å²) < 4.78 is 4.98. The minimum absolute atomic E-state index is 0.0224. The molecule has 0 saturated carbocycles. The van der Waals surface area contributed by atoms with Crippen LogP contribution in [0.1, 0.15) is 6.92 Å². The SMILES string of the molecule is COc1ccc(N2CC(C(C)C(=O)O)C2)c([N+](=O)[O-])c1. The topological polar surface area (TPSA) is 92.9 Å². The number of benzene rings is 1. The van der Waals surface area contributed by atoms with Crippen molar-refractivity contribution in [2.75, 3.05) is 25.1 Å². The smallest absolute Gasteiger partial charge is 0.306 e. The van der Waals surface area contributed by atoms with E-state index in [0.717, 1.165) is 0 Å². The molecule has 7 nitrogen and oxygen atoms in total. The number of carbonyl (C=O) groups is 1. The van der Waals surface area contributed by atoms with E-state index in [0.29, 0.717) is 24.5 Å². The average Bonchev–Trinajstić information content (AvgIpc) is 2.36. The fourth-order valence-electron chi connectivity index (χ4n) is 2.27. The number of hydrogen-bond donors (Lipinski definition) is 1. The molecule has 108 valence electrons. The maximum atomic E-state index is 11.1. The van der Waals surface area contributed by atoms with Gasteiger partial charge in [-0.15, -0.1) is 0 Å². The number of ether oxygens (including phenoxy) is 1. The molecular formula is C13H16N2O5. The standard InChI is InChI=1S/C13H16N2O5/c1-8(13(16)17)9-6-14(7-9)11-4-3-10(20-2)5-12(11)15(18)19/h3-5,8-9H,6-7H2,1-2H3,(H,16,17). The zero-order chi connectivity index (χ0) is 14.9. The molecule has 1 saturated heterocycles. The summed E-state index contributed by atoms with van der Waals surface area (Å²) in [5.41, 5.74) is 0.482. The van der Waals surface area contributed by atoms with Crippen LogP contribution in [0.2, 0.25) is 0 Å². The van der Waals surface area contributed by atoms with E-state index in [1.54, 1.807) is 19.1 Å². The number of nitro benzene ring substituents is 1. The van der Waals surface area contributed by atoms with Crippen molar-refractivity contribution in [1.82, 2.24) is 0 Å². The number of carboxylic acid groups (broad SMARTS) is 1. The number of methoxy groups -OCH3 is 1. The predicted octanol–water partition coefficient (Wildman–Crippen LogP) is 1.76. The Kier molecular flexibility index (Phi) is 3.78. The molecule has 1 fully saturated rings. The lowest BCUT2D eigenvalue weighted by Crippen LogP contribution is -2.51. The van der Waals surface area contributed by atoms with Crippen LogP contribution in [0.4, 0.5) is 11.4 Å². The van der Waals surface area contributed by atoms with Crippen molar-refractivity contribution in [3.8, 4) is 5.75 Å². The Balaban J connectivity index is 2.15. The van der Waals surface area contributed by atoms with Crippen LogP contribution in [0, 0.1) is 22.0 Å². The second-order valence-electron chi connectivity index (χ2n) is 4.90. The van der Waals surface area contributed by atoms with Gasteiger partial charge < -0.3 is 14.7 Å². The van der Waals surface area contributed by atoms with Gasteiger partial charge in [0, 0.05) is 19.0 Å². The normalized spacial score (nSPS) is 16.4. The van der Waals surface area contributed by atoms with E-state index in [4.69, 9.17) is 9.84 Å². The van der Waals surface area contributed by atoms with Crippen LogP contribution in [0.5, 0.6) is 5.75 Å². The van der Waals surface area contributed by atoms with Gasteiger partial charge in [0.25, 0.3) is 5.69 Å². The van der Waals surface area contributed by atoms with Crippen LogP contribution in [0.15, 0.2) is 18.2 Å². The summed E-state index contributed by atoms with van der Waals surface area (Å²) in [6, 6.07) is 4.68. The molecule has 7 heteroatoms. The fraction of sp³-hybridized carbons (Fsp3) is 0.462. The average molecular weight is 280 g/mol. The van der Waals surface area contributed by atoms with Crippen molar-refractivity contribution < 1.29 is 19.6 Å². The minimum atomic E-state index is -0.834. The molecule has 1 unspecified atom stereocenters. The third kappa shape index (κ3) is 2.52. The van der Waals surface area contributed by atoms with Crippen molar-refractivity contribution in [2.45, 2.75) is 6.92 Å². The highest BCUT2D eigenvalue weighted by molar-refractivity contribution is 5.72. The molecule has 2 rings (SSSR count). The highest BCUT2D eigenvalue weighted by Crippen LogP contribution is 2.37. The van der Waals surface area contributed by atoms with E-state index in [2.05, 4.69) is 0 Å². The summed E-state index contributed by atoms with van der Waals surface area (Å²) in [6.45, 7) is 2.69. The Bertz CT molecular complexity index is 540. The number of nitro groups is 1. The highest BCUT2D eigenvalue weighted by Gasteiger charge is 2.37. The first-order chi connectivity index (χ1) is 9.43. The third-order valence-electron chi connectivity index (χ3n) is 3.73. The molecule has 1 aromatic rings. The van der Waals surface area contributed by atoms with Gasteiger partial charge in [-0.05, 0) is 12.1 Å². The van der Waals surface area contributed by atoms with Gasteiger partial charge in [0.1, 0.15) is 11.4 Å². The molecule has 1 N–H and O–H groups in total. The Morgan fingerprint density at radius 1 is 1.55 bits per heavy atom. The summed E-state index contributed by atoms with van der Waals surface area (Å²) in [4.78, 5) is 23.3. The van der Waals surface area contributed by atoms with Crippen molar-refractivity contribution in [1.29, 1.82) is 0 Å². The van der Waals surface area contributed by atoms with Crippen LogP contribution in [-0.4, -0.2) is 36.2 Å². The molecule has 1 heterocycles. The molecule has 1 atom stereocenters. The lowest BCUT2D eigenvalue weighted by atomic mass is 9.86. The van der Waals surface area contributed by atoms with E-state index in [-0.39, 0.29) is 11.6 Å². The van der Waals surface area contributed by atoms with Crippen molar-refractivity contribution in [2.24, 2.45) is 11.8 Å². The van der Waals surface area contributed by atoms with Crippen molar-refractivity contribution in [3.63, 3.8) is 0 Å². The van der Waals surface area contributed by atoms with Crippen LogP contribution in [-0.2, 0) is 4.79 Å². The van der Waals surface area contributed by atoms with Gasteiger partial charge in [0.2, 0.25) is 0 Å². The van der Waals surface area contributed by atoms with Gasteiger partial charge in [-0.3, -0.25) is 14.9 Å². The highest BCUT2D eigenvalue weighted by atomic mass is 16.6. The predicted molar refractivity (Wildman–Crippen MR) is 72.2 cm³/mol. The summed E-state index contributed by atoms with van der Waals surface area (Å²) in [7, 11) is 1.45. The first-order valence-corrected chi connectivity index (χ1v) is 6.24. The van der Waals surface area contributed by atoms with Gasteiger partial charge in [0.15, 0.2) is 0 Å². The molecule has 1 aromatic carbocycles. The van der Waals surface area contributed by atoms with Crippen LogP contribution in [0.3, 0.4) is 0 Å². The number of nitrogens with zero attached hydrogens (tertiary/aromatic N) is 2. The fourth-order valence-corrected chi connectivity index (χ4v) is 2.27. The maximum Gasteiger partial charge on any atom is 0.306 e. The Morgan fingerprint density at radius 2 is 2.20 bits per heavy atom. The number of aliphatic carboxylic acids is 1. The number of anilines is 1. The van der Waals surface area contributed by atoms with Crippen LogP contribution in [0.25, 0.3) is 0 Å². The minimum Gasteiger partial charge on any atom is -0.496 e. The van der Waals surface area contributed by atoms with Gasteiger partial charge in [0.05, 0.1) is 24.0 Å². The molecule has 0 radical (unpaired) electrons. The number of rotatable bonds is 5. The molecule has 20 heavy (non-hydrogen) atoms. The molecule has 1 aliphatic heterocycles. The molecular weight excluding hydrogens is 264 g/mol. The quantitative estimate of drug-likeness (QED) is 0.652. The number of carboxylic acids is 1. The largest absolute Gasteiger partial charge is 0.496 e. The van der Waals surface area contributed by atoms with Crippen LogP contribution < -0.4 is 9.64 Å². The van der Waals surface area contributed by atoms with E-state index >= 15 is 0 Å². The first kappa shape index (κ1) is 14.1. The summed E-state index contributed by atoms with van der Waals surface area (Å²) >= 11 is 0. The summed E-state index contributed by atoms with van der Waals surface area (Å²) in [6.07, 6.45) is 0. The van der Waals surface area contributed by atoms with Crippen molar-refractivity contribution >= 4 is 17.3 Å². The molecule has 0 aromatic heterocycles. The lowest BCUT2D eigenvalue weighted by molar-refractivity contribution is -0.384. The summed E-state index contributed by atoms with van der Waals surface area (Å²) in [5.74, 6) is -0.826. The Hall–Kier alpha value is -2.31. The van der Waals surface area contributed by atoms with Crippen LogP contribution >= 0.6 is 0 Å².